The lowest BCUT2D eigenvalue weighted by atomic mass is 10.0. The molecule has 0 amide bonds. The van der Waals surface area contributed by atoms with Gasteiger partial charge < -0.3 is 15.2 Å². The standard InChI is InChI=1S/C18H23NO2/c1-4-14-5-9-17(10-6-14)21-18(13(2)19)15-7-11-16(20-3)12-8-15/h5-13,18H,4,19H2,1-3H3. The summed E-state index contributed by atoms with van der Waals surface area (Å²) in [5, 5.41) is 0. The highest BCUT2D eigenvalue weighted by atomic mass is 16.5. The van der Waals surface area contributed by atoms with Crippen LogP contribution in [0, 0.1) is 0 Å². The Labute approximate surface area is 126 Å². The average molecular weight is 285 g/mol. The van der Waals surface area contributed by atoms with Gasteiger partial charge in [0.1, 0.15) is 17.6 Å². The Hall–Kier alpha value is -2.00. The summed E-state index contributed by atoms with van der Waals surface area (Å²) in [6.45, 7) is 4.09. The van der Waals surface area contributed by atoms with Crippen LogP contribution in [0.5, 0.6) is 11.5 Å². The van der Waals surface area contributed by atoms with Crippen LogP contribution in [0.1, 0.15) is 31.1 Å². The molecule has 2 N–H and O–H groups in total. The SMILES string of the molecule is CCc1ccc(OC(c2ccc(OC)cc2)C(C)N)cc1. The zero-order valence-electron chi connectivity index (χ0n) is 12.9. The number of aryl methyl sites for hydroxylation is 1. The maximum atomic E-state index is 6.09. The molecule has 0 aromatic heterocycles. The fourth-order valence-corrected chi connectivity index (χ4v) is 2.22. The van der Waals surface area contributed by atoms with Crippen molar-refractivity contribution in [1.82, 2.24) is 0 Å². The fraction of sp³-hybridized carbons (Fsp3) is 0.333. The maximum absolute atomic E-state index is 6.09. The normalized spacial score (nSPS) is 13.5. The van der Waals surface area contributed by atoms with E-state index in [1.165, 1.54) is 5.56 Å². The topological polar surface area (TPSA) is 44.5 Å². The number of rotatable bonds is 6. The first kappa shape index (κ1) is 15.4. The molecule has 0 saturated carbocycles. The Morgan fingerprint density at radius 3 is 2.00 bits per heavy atom. The van der Waals surface area contributed by atoms with Gasteiger partial charge in [0.2, 0.25) is 0 Å². The van der Waals surface area contributed by atoms with Gasteiger partial charge in [0.05, 0.1) is 7.11 Å². The second-order valence-corrected chi connectivity index (χ2v) is 5.17. The Bertz CT molecular complexity index is 546. The highest BCUT2D eigenvalue weighted by molar-refractivity contribution is 5.32. The molecule has 112 valence electrons. The van der Waals surface area contributed by atoms with Crippen LogP contribution in [0.2, 0.25) is 0 Å². The fourth-order valence-electron chi connectivity index (χ4n) is 2.22. The van der Waals surface area contributed by atoms with Gasteiger partial charge in [-0.3, -0.25) is 0 Å². The van der Waals surface area contributed by atoms with Crippen LogP contribution in [0.15, 0.2) is 48.5 Å². The van der Waals surface area contributed by atoms with Gasteiger partial charge in [-0.25, -0.2) is 0 Å². The minimum absolute atomic E-state index is 0.107. The summed E-state index contributed by atoms with van der Waals surface area (Å²) in [4.78, 5) is 0. The van der Waals surface area contributed by atoms with Gasteiger partial charge in [0.15, 0.2) is 0 Å². The molecule has 0 saturated heterocycles. The van der Waals surface area contributed by atoms with Gasteiger partial charge >= 0.3 is 0 Å². The maximum Gasteiger partial charge on any atom is 0.138 e. The molecule has 2 rings (SSSR count). The number of benzene rings is 2. The Balaban J connectivity index is 2.17. The largest absolute Gasteiger partial charge is 0.497 e. The summed E-state index contributed by atoms with van der Waals surface area (Å²) in [7, 11) is 1.66. The lowest BCUT2D eigenvalue weighted by molar-refractivity contribution is 0.180. The van der Waals surface area contributed by atoms with Crippen LogP contribution in [-0.2, 0) is 6.42 Å². The summed E-state index contributed by atoms with van der Waals surface area (Å²) in [5.41, 5.74) is 8.43. The molecule has 2 aromatic carbocycles. The lowest BCUT2D eigenvalue weighted by Crippen LogP contribution is -2.29. The van der Waals surface area contributed by atoms with E-state index in [1.54, 1.807) is 7.11 Å². The first-order valence-corrected chi connectivity index (χ1v) is 7.29. The summed E-state index contributed by atoms with van der Waals surface area (Å²) in [6, 6.07) is 15.9. The number of ether oxygens (including phenoxy) is 2. The zero-order chi connectivity index (χ0) is 15.2. The molecule has 3 nitrogen and oxygen atoms in total. The van der Waals surface area contributed by atoms with Gasteiger partial charge in [0, 0.05) is 6.04 Å². The smallest absolute Gasteiger partial charge is 0.138 e. The molecule has 0 bridgehead atoms. The van der Waals surface area contributed by atoms with Crippen LogP contribution in [-0.4, -0.2) is 13.2 Å². The predicted molar refractivity (Wildman–Crippen MR) is 85.8 cm³/mol. The molecule has 0 spiro atoms. The molecular formula is C18H23NO2. The van der Waals surface area contributed by atoms with Crippen molar-refractivity contribution in [3.63, 3.8) is 0 Å². The van der Waals surface area contributed by atoms with Gasteiger partial charge in [-0.1, -0.05) is 31.2 Å². The Kier molecular flexibility index (Phi) is 5.23. The highest BCUT2D eigenvalue weighted by Crippen LogP contribution is 2.26. The summed E-state index contributed by atoms with van der Waals surface area (Å²) in [5.74, 6) is 1.67. The van der Waals surface area contributed by atoms with E-state index in [1.807, 2.05) is 43.3 Å². The van der Waals surface area contributed by atoms with Gasteiger partial charge in [-0.15, -0.1) is 0 Å². The third kappa shape index (κ3) is 3.99. The van der Waals surface area contributed by atoms with Crippen molar-refractivity contribution in [2.45, 2.75) is 32.4 Å². The Morgan fingerprint density at radius 2 is 1.52 bits per heavy atom. The molecule has 2 atom stereocenters. The lowest BCUT2D eigenvalue weighted by Gasteiger charge is -2.23. The number of nitrogens with two attached hydrogens (primary N) is 1. The molecule has 21 heavy (non-hydrogen) atoms. The summed E-state index contributed by atoms with van der Waals surface area (Å²) >= 11 is 0. The summed E-state index contributed by atoms with van der Waals surface area (Å²) in [6.07, 6.45) is 0.846. The van der Waals surface area contributed by atoms with Crippen molar-refractivity contribution >= 4 is 0 Å². The first-order valence-electron chi connectivity index (χ1n) is 7.29. The van der Waals surface area contributed by atoms with Crippen molar-refractivity contribution in [2.75, 3.05) is 7.11 Å². The second kappa shape index (κ2) is 7.14. The number of hydrogen-bond acceptors (Lipinski definition) is 3. The molecule has 2 aromatic rings. The van der Waals surface area contributed by atoms with E-state index in [9.17, 15) is 0 Å². The van der Waals surface area contributed by atoms with Crippen molar-refractivity contribution in [1.29, 1.82) is 0 Å². The van der Waals surface area contributed by atoms with E-state index in [4.69, 9.17) is 15.2 Å². The van der Waals surface area contributed by atoms with Crippen LogP contribution >= 0.6 is 0 Å². The van der Waals surface area contributed by atoms with Crippen molar-refractivity contribution in [2.24, 2.45) is 5.73 Å². The van der Waals surface area contributed by atoms with Crippen molar-refractivity contribution < 1.29 is 9.47 Å². The molecule has 3 heteroatoms. The minimum Gasteiger partial charge on any atom is -0.497 e. The highest BCUT2D eigenvalue weighted by Gasteiger charge is 2.18. The first-order chi connectivity index (χ1) is 10.1. The van der Waals surface area contributed by atoms with Crippen LogP contribution in [0.3, 0.4) is 0 Å². The molecule has 0 aliphatic carbocycles. The molecule has 0 aliphatic heterocycles. The van der Waals surface area contributed by atoms with E-state index >= 15 is 0 Å². The van der Waals surface area contributed by atoms with Gasteiger partial charge in [-0.2, -0.15) is 0 Å². The number of methoxy groups -OCH3 is 1. The van der Waals surface area contributed by atoms with E-state index in [2.05, 4.69) is 19.1 Å². The molecule has 0 heterocycles. The predicted octanol–water partition coefficient (Wildman–Crippen LogP) is 3.72. The van der Waals surface area contributed by atoms with E-state index < -0.39 is 0 Å². The van der Waals surface area contributed by atoms with Crippen LogP contribution < -0.4 is 15.2 Å². The zero-order valence-corrected chi connectivity index (χ0v) is 12.9. The third-order valence-corrected chi connectivity index (χ3v) is 3.52. The average Bonchev–Trinajstić information content (AvgIpc) is 2.53. The monoisotopic (exact) mass is 285 g/mol. The van der Waals surface area contributed by atoms with E-state index in [-0.39, 0.29) is 12.1 Å². The second-order valence-electron chi connectivity index (χ2n) is 5.17. The molecule has 2 unspecified atom stereocenters. The van der Waals surface area contributed by atoms with E-state index in [0.29, 0.717) is 0 Å². The third-order valence-electron chi connectivity index (χ3n) is 3.52. The summed E-state index contributed by atoms with van der Waals surface area (Å²) < 4.78 is 11.3. The Morgan fingerprint density at radius 1 is 0.952 bits per heavy atom. The van der Waals surface area contributed by atoms with Gasteiger partial charge in [-0.05, 0) is 48.7 Å². The molecule has 0 radical (unpaired) electrons. The van der Waals surface area contributed by atoms with Gasteiger partial charge in [0.25, 0.3) is 0 Å². The van der Waals surface area contributed by atoms with E-state index in [0.717, 1.165) is 23.5 Å². The number of hydrogen-bond donors (Lipinski definition) is 1. The molecule has 0 aliphatic rings. The molecular weight excluding hydrogens is 262 g/mol. The van der Waals surface area contributed by atoms with Crippen LogP contribution in [0.25, 0.3) is 0 Å². The van der Waals surface area contributed by atoms with Crippen molar-refractivity contribution in [3.8, 4) is 11.5 Å². The van der Waals surface area contributed by atoms with Crippen molar-refractivity contribution in [3.05, 3.63) is 59.7 Å². The van der Waals surface area contributed by atoms with Crippen LogP contribution in [0.4, 0.5) is 0 Å². The minimum atomic E-state index is -0.177. The quantitative estimate of drug-likeness (QED) is 0.879. The molecule has 0 fully saturated rings.